The summed E-state index contributed by atoms with van der Waals surface area (Å²) in [5.74, 6) is 0.295. The third kappa shape index (κ3) is 3.02. The van der Waals surface area contributed by atoms with Crippen LogP contribution in [0.25, 0.3) is 16.9 Å². The summed E-state index contributed by atoms with van der Waals surface area (Å²) in [6.07, 6.45) is 4.62. The summed E-state index contributed by atoms with van der Waals surface area (Å²) in [6.45, 7) is 1.01. The predicted molar refractivity (Wildman–Crippen MR) is 107 cm³/mol. The van der Waals surface area contributed by atoms with Crippen molar-refractivity contribution in [1.82, 2.24) is 14.7 Å². The quantitative estimate of drug-likeness (QED) is 0.761. The van der Waals surface area contributed by atoms with Crippen LogP contribution in [0.5, 0.6) is 0 Å². The zero-order chi connectivity index (χ0) is 19.1. The summed E-state index contributed by atoms with van der Waals surface area (Å²) in [4.78, 5) is 15.2. The lowest BCUT2D eigenvalue weighted by Gasteiger charge is -2.23. The number of likely N-dealkylation sites (tertiary alicyclic amines) is 1. The zero-order valence-electron chi connectivity index (χ0n) is 15.7. The van der Waals surface area contributed by atoms with Crippen LogP contribution in [-0.4, -0.2) is 44.4 Å². The van der Waals surface area contributed by atoms with Gasteiger partial charge in [0, 0.05) is 18.3 Å². The number of hydrogen-bond acceptors (Lipinski definition) is 3. The molecule has 2 fully saturated rings. The Morgan fingerprint density at radius 2 is 1.71 bits per heavy atom. The number of nitrogens with zero attached hydrogens (tertiary/aromatic N) is 3. The van der Waals surface area contributed by atoms with Gasteiger partial charge in [-0.3, -0.25) is 4.79 Å². The van der Waals surface area contributed by atoms with Gasteiger partial charge in [0.15, 0.2) is 0 Å². The number of amides is 1. The fourth-order valence-corrected chi connectivity index (χ4v) is 4.17. The van der Waals surface area contributed by atoms with E-state index in [-0.39, 0.29) is 5.91 Å². The van der Waals surface area contributed by atoms with E-state index in [9.17, 15) is 9.90 Å². The normalized spacial score (nSPS) is 21.8. The van der Waals surface area contributed by atoms with Gasteiger partial charge in [0.1, 0.15) is 5.69 Å². The first-order chi connectivity index (χ1) is 13.6. The van der Waals surface area contributed by atoms with Crippen molar-refractivity contribution >= 4 is 5.91 Å². The molecular formula is C23H23N3O2. The molecule has 1 N–H and O–H groups in total. The number of aromatic nitrogens is 2. The number of hydrogen-bond donors (Lipinski definition) is 1. The molecule has 5 nitrogen and oxygen atoms in total. The fraction of sp³-hybridized carbons (Fsp3) is 0.304. The number of β-amino-alcohol motifs (C(OH)–C–C–N with tert-alkyl or cyclic N) is 1. The lowest BCUT2D eigenvalue weighted by atomic mass is 9.97. The van der Waals surface area contributed by atoms with E-state index in [1.54, 1.807) is 9.58 Å². The SMILES string of the molecule is O=C(c1cn(-c2ccccc2)nc1-c1ccccc1)N1CCC(O)(C2CC2)C1. The first kappa shape index (κ1) is 17.2. The Morgan fingerprint density at radius 3 is 2.39 bits per heavy atom. The summed E-state index contributed by atoms with van der Waals surface area (Å²) >= 11 is 0. The van der Waals surface area contributed by atoms with Crippen LogP contribution in [0.1, 0.15) is 29.6 Å². The Kier molecular flexibility index (Phi) is 4.05. The van der Waals surface area contributed by atoms with Gasteiger partial charge in [-0.15, -0.1) is 0 Å². The summed E-state index contributed by atoms with van der Waals surface area (Å²) in [6, 6.07) is 19.6. The van der Waals surface area contributed by atoms with Crippen LogP contribution >= 0.6 is 0 Å². The van der Waals surface area contributed by atoms with Crippen molar-refractivity contribution in [3.8, 4) is 16.9 Å². The molecule has 1 unspecified atom stereocenters. The van der Waals surface area contributed by atoms with E-state index in [2.05, 4.69) is 0 Å². The molecule has 1 aliphatic heterocycles. The molecule has 0 spiro atoms. The van der Waals surface area contributed by atoms with Crippen molar-refractivity contribution in [1.29, 1.82) is 0 Å². The topological polar surface area (TPSA) is 58.4 Å². The second-order valence-electron chi connectivity index (χ2n) is 7.89. The summed E-state index contributed by atoms with van der Waals surface area (Å²) in [5, 5.41) is 15.6. The van der Waals surface area contributed by atoms with E-state index < -0.39 is 5.60 Å². The van der Waals surface area contributed by atoms with Crippen LogP contribution in [0, 0.1) is 5.92 Å². The molecule has 2 aliphatic rings. The molecule has 1 saturated heterocycles. The Hall–Kier alpha value is -2.92. The fourth-order valence-electron chi connectivity index (χ4n) is 4.17. The third-order valence-electron chi connectivity index (χ3n) is 5.92. The number of rotatable bonds is 4. The average Bonchev–Trinajstić information content (AvgIpc) is 3.39. The molecule has 1 amide bonds. The van der Waals surface area contributed by atoms with Gasteiger partial charge in [0.25, 0.3) is 5.91 Å². The Morgan fingerprint density at radius 1 is 1.04 bits per heavy atom. The van der Waals surface area contributed by atoms with E-state index in [0.29, 0.717) is 36.7 Å². The number of para-hydroxylation sites is 1. The van der Waals surface area contributed by atoms with Gasteiger partial charge < -0.3 is 10.0 Å². The Balaban J connectivity index is 1.52. The van der Waals surface area contributed by atoms with Gasteiger partial charge >= 0.3 is 0 Å². The maximum Gasteiger partial charge on any atom is 0.257 e. The van der Waals surface area contributed by atoms with Crippen molar-refractivity contribution in [2.75, 3.05) is 13.1 Å². The predicted octanol–water partition coefficient (Wildman–Crippen LogP) is 3.53. The van der Waals surface area contributed by atoms with E-state index in [1.165, 1.54) is 0 Å². The molecule has 5 rings (SSSR count). The van der Waals surface area contributed by atoms with Gasteiger partial charge in [-0.05, 0) is 37.3 Å². The highest BCUT2D eigenvalue weighted by atomic mass is 16.3. The maximum absolute atomic E-state index is 13.4. The van der Waals surface area contributed by atoms with Crippen LogP contribution in [0.15, 0.2) is 66.9 Å². The number of carbonyl (C=O) groups excluding carboxylic acids is 1. The molecule has 2 aromatic carbocycles. The van der Waals surface area contributed by atoms with Crippen molar-refractivity contribution < 1.29 is 9.90 Å². The molecule has 3 aromatic rings. The van der Waals surface area contributed by atoms with E-state index >= 15 is 0 Å². The Bertz CT molecular complexity index is 995. The molecule has 28 heavy (non-hydrogen) atoms. The smallest absolute Gasteiger partial charge is 0.257 e. The van der Waals surface area contributed by atoms with E-state index in [0.717, 1.165) is 24.1 Å². The summed E-state index contributed by atoms with van der Waals surface area (Å²) in [7, 11) is 0. The standard InChI is InChI=1S/C23H23N3O2/c27-22(25-14-13-23(28,16-25)18-11-12-18)20-15-26(19-9-5-2-6-10-19)24-21(20)17-7-3-1-4-8-17/h1-10,15,18,28H,11-14,16H2. The highest BCUT2D eigenvalue weighted by Gasteiger charge is 2.49. The largest absolute Gasteiger partial charge is 0.388 e. The molecule has 1 atom stereocenters. The van der Waals surface area contributed by atoms with Crippen LogP contribution in [0.3, 0.4) is 0 Å². The van der Waals surface area contributed by atoms with E-state index in [1.807, 2.05) is 66.9 Å². The van der Waals surface area contributed by atoms with Gasteiger partial charge in [-0.2, -0.15) is 5.10 Å². The number of carbonyl (C=O) groups is 1. The van der Waals surface area contributed by atoms with Gasteiger partial charge in [-0.25, -0.2) is 4.68 Å². The van der Waals surface area contributed by atoms with Crippen molar-refractivity contribution in [3.05, 3.63) is 72.4 Å². The molecule has 0 radical (unpaired) electrons. The van der Waals surface area contributed by atoms with Crippen LogP contribution in [0.2, 0.25) is 0 Å². The van der Waals surface area contributed by atoms with E-state index in [4.69, 9.17) is 5.10 Å². The van der Waals surface area contributed by atoms with Gasteiger partial charge in [0.05, 0.1) is 23.4 Å². The summed E-state index contributed by atoms with van der Waals surface area (Å²) < 4.78 is 1.76. The number of benzene rings is 2. The maximum atomic E-state index is 13.4. The second-order valence-corrected chi connectivity index (χ2v) is 7.89. The molecule has 142 valence electrons. The number of aliphatic hydroxyl groups is 1. The zero-order valence-corrected chi connectivity index (χ0v) is 15.7. The molecule has 1 aliphatic carbocycles. The molecule has 1 saturated carbocycles. The first-order valence-electron chi connectivity index (χ1n) is 9.86. The lowest BCUT2D eigenvalue weighted by Crippen LogP contribution is -2.37. The minimum absolute atomic E-state index is 0.0578. The van der Waals surface area contributed by atoms with Crippen molar-refractivity contribution in [2.24, 2.45) is 5.92 Å². The minimum Gasteiger partial charge on any atom is -0.388 e. The van der Waals surface area contributed by atoms with Gasteiger partial charge in [0.2, 0.25) is 0 Å². The minimum atomic E-state index is -0.710. The second kappa shape index (κ2) is 6.60. The van der Waals surface area contributed by atoms with Crippen LogP contribution in [0.4, 0.5) is 0 Å². The van der Waals surface area contributed by atoms with Crippen LogP contribution < -0.4 is 0 Å². The monoisotopic (exact) mass is 373 g/mol. The van der Waals surface area contributed by atoms with Gasteiger partial charge in [-0.1, -0.05) is 48.5 Å². The highest BCUT2D eigenvalue weighted by Crippen LogP contribution is 2.44. The molecular weight excluding hydrogens is 350 g/mol. The summed E-state index contributed by atoms with van der Waals surface area (Å²) in [5.41, 5.74) is 2.37. The Labute approximate surface area is 164 Å². The molecule has 5 heteroatoms. The molecule has 1 aromatic heterocycles. The average molecular weight is 373 g/mol. The van der Waals surface area contributed by atoms with Crippen LogP contribution in [-0.2, 0) is 0 Å². The lowest BCUT2D eigenvalue weighted by molar-refractivity contribution is 0.0257. The van der Waals surface area contributed by atoms with Crippen molar-refractivity contribution in [2.45, 2.75) is 24.9 Å². The molecule has 0 bridgehead atoms. The third-order valence-corrected chi connectivity index (χ3v) is 5.92. The molecule has 2 heterocycles. The highest BCUT2D eigenvalue weighted by molar-refractivity contribution is 6.00. The van der Waals surface area contributed by atoms with Crippen molar-refractivity contribution in [3.63, 3.8) is 0 Å². The first-order valence-corrected chi connectivity index (χ1v) is 9.86.